The highest BCUT2D eigenvalue weighted by Gasteiger charge is 2.05. The van der Waals surface area contributed by atoms with Crippen LogP contribution in [0.4, 0.5) is 5.69 Å². The molecule has 2 rings (SSSR count). The summed E-state index contributed by atoms with van der Waals surface area (Å²) in [5.41, 5.74) is 4.82. The first-order chi connectivity index (χ1) is 12.0. The lowest BCUT2D eigenvalue weighted by Crippen LogP contribution is -2.36. The lowest BCUT2D eigenvalue weighted by atomic mass is 10.1. The average molecular weight is 468 g/mol. The van der Waals surface area contributed by atoms with E-state index in [1.807, 2.05) is 24.3 Å². The van der Waals surface area contributed by atoms with Crippen molar-refractivity contribution in [1.29, 1.82) is 0 Å². The van der Waals surface area contributed by atoms with Crippen molar-refractivity contribution in [3.63, 3.8) is 0 Å². The summed E-state index contributed by atoms with van der Waals surface area (Å²) in [6, 6.07) is 14.5. The predicted molar refractivity (Wildman–Crippen MR) is 121 cm³/mol. The van der Waals surface area contributed by atoms with Gasteiger partial charge in [0.25, 0.3) is 0 Å². The Morgan fingerprint density at radius 1 is 1.04 bits per heavy atom. The van der Waals surface area contributed by atoms with Crippen LogP contribution < -0.4 is 20.3 Å². The Morgan fingerprint density at radius 3 is 2.27 bits per heavy atom. The van der Waals surface area contributed by atoms with Gasteiger partial charge in [-0.15, -0.1) is 24.0 Å². The van der Waals surface area contributed by atoms with E-state index < -0.39 is 0 Å². The monoisotopic (exact) mass is 468 g/mol. The van der Waals surface area contributed by atoms with Crippen LogP contribution in [0.3, 0.4) is 0 Å². The minimum absolute atomic E-state index is 0. The third kappa shape index (κ3) is 6.09. The van der Waals surface area contributed by atoms with Gasteiger partial charge in [-0.3, -0.25) is 4.99 Å². The number of nitrogens with one attached hydrogen (secondary N) is 2. The van der Waals surface area contributed by atoms with E-state index in [0.717, 1.165) is 23.8 Å². The van der Waals surface area contributed by atoms with Gasteiger partial charge in [0.05, 0.1) is 7.11 Å². The second-order valence-electron chi connectivity index (χ2n) is 6.10. The fraction of sp³-hybridized carbons (Fsp3) is 0.350. The van der Waals surface area contributed by atoms with E-state index in [2.05, 4.69) is 59.7 Å². The molecule has 0 spiro atoms. The molecule has 0 fully saturated rings. The number of halogens is 1. The number of ether oxygens (including phenoxy) is 1. The third-order valence-corrected chi connectivity index (χ3v) is 4.15. The zero-order valence-corrected chi connectivity index (χ0v) is 18.5. The van der Waals surface area contributed by atoms with Crippen LogP contribution in [0, 0.1) is 6.92 Å². The molecule has 0 saturated carbocycles. The van der Waals surface area contributed by atoms with Crippen LogP contribution >= 0.6 is 24.0 Å². The molecule has 0 bridgehead atoms. The van der Waals surface area contributed by atoms with Crippen LogP contribution in [-0.4, -0.2) is 34.2 Å². The van der Waals surface area contributed by atoms with Gasteiger partial charge >= 0.3 is 0 Å². The van der Waals surface area contributed by atoms with E-state index in [1.54, 1.807) is 14.2 Å². The number of methoxy groups -OCH3 is 1. The molecule has 0 saturated heterocycles. The summed E-state index contributed by atoms with van der Waals surface area (Å²) >= 11 is 0. The molecule has 0 atom stereocenters. The van der Waals surface area contributed by atoms with Crippen LogP contribution in [0.5, 0.6) is 5.75 Å². The molecule has 6 heteroatoms. The number of para-hydroxylation sites is 1. The van der Waals surface area contributed by atoms with Gasteiger partial charge in [0.2, 0.25) is 0 Å². The number of hydrogen-bond donors (Lipinski definition) is 2. The average Bonchev–Trinajstić information content (AvgIpc) is 2.62. The Bertz CT molecular complexity index is 732. The van der Waals surface area contributed by atoms with Gasteiger partial charge < -0.3 is 20.3 Å². The highest BCUT2D eigenvalue weighted by molar-refractivity contribution is 14.0. The van der Waals surface area contributed by atoms with E-state index in [-0.39, 0.29) is 24.0 Å². The topological polar surface area (TPSA) is 48.9 Å². The highest BCUT2D eigenvalue weighted by Crippen LogP contribution is 2.18. The maximum atomic E-state index is 5.38. The summed E-state index contributed by atoms with van der Waals surface area (Å²) in [6.07, 6.45) is 0. The molecular formula is C20H29IN4O. The van der Waals surface area contributed by atoms with E-state index in [0.29, 0.717) is 6.54 Å². The molecule has 26 heavy (non-hydrogen) atoms. The number of aryl methyl sites for hydroxylation is 1. The van der Waals surface area contributed by atoms with Crippen LogP contribution in [-0.2, 0) is 13.1 Å². The van der Waals surface area contributed by atoms with Crippen molar-refractivity contribution < 1.29 is 4.74 Å². The zero-order chi connectivity index (χ0) is 18.2. The molecule has 0 aromatic heterocycles. The quantitative estimate of drug-likeness (QED) is 0.387. The number of benzene rings is 2. The van der Waals surface area contributed by atoms with Crippen molar-refractivity contribution in [2.24, 2.45) is 4.99 Å². The Labute approximate surface area is 173 Å². The van der Waals surface area contributed by atoms with Gasteiger partial charge in [-0.1, -0.05) is 24.3 Å². The van der Waals surface area contributed by atoms with Crippen molar-refractivity contribution in [3.05, 3.63) is 59.2 Å². The van der Waals surface area contributed by atoms with Gasteiger partial charge in [-0.25, -0.2) is 0 Å². The van der Waals surface area contributed by atoms with E-state index in [9.17, 15) is 0 Å². The summed E-state index contributed by atoms with van der Waals surface area (Å²) < 4.78 is 5.38. The number of nitrogens with zero attached hydrogens (tertiary/aromatic N) is 2. The minimum Gasteiger partial charge on any atom is -0.496 e. The summed E-state index contributed by atoms with van der Waals surface area (Å²) in [6.45, 7) is 3.52. The Balaban J connectivity index is 0.00000338. The fourth-order valence-corrected chi connectivity index (χ4v) is 2.58. The molecule has 0 radical (unpaired) electrons. The second-order valence-corrected chi connectivity index (χ2v) is 6.10. The SMILES string of the molecule is CN=C(NCc1ccc(N(C)C)cc1C)NCc1ccccc1OC.I. The van der Waals surface area contributed by atoms with Crippen molar-refractivity contribution in [3.8, 4) is 5.75 Å². The van der Waals surface area contributed by atoms with Gasteiger partial charge in [-0.05, 0) is 36.2 Å². The smallest absolute Gasteiger partial charge is 0.191 e. The van der Waals surface area contributed by atoms with Crippen LogP contribution in [0.25, 0.3) is 0 Å². The fourth-order valence-electron chi connectivity index (χ4n) is 2.58. The maximum absolute atomic E-state index is 5.38. The first-order valence-electron chi connectivity index (χ1n) is 8.38. The second kappa shape index (κ2) is 10.9. The molecule has 0 amide bonds. The molecule has 2 N–H and O–H groups in total. The molecule has 0 aliphatic carbocycles. The van der Waals surface area contributed by atoms with E-state index in [1.165, 1.54) is 16.8 Å². The zero-order valence-electron chi connectivity index (χ0n) is 16.2. The molecule has 0 unspecified atom stereocenters. The highest BCUT2D eigenvalue weighted by atomic mass is 127. The summed E-state index contributed by atoms with van der Waals surface area (Å²) in [5.74, 6) is 1.64. The summed E-state index contributed by atoms with van der Waals surface area (Å²) in [7, 11) is 7.57. The van der Waals surface area contributed by atoms with Gasteiger partial charge in [-0.2, -0.15) is 0 Å². The number of aliphatic imine (C=N–C) groups is 1. The lowest BCUT2D eigenvalue weighted by molar-refractivity contribution is 0.409. The first-order valence-corrected chi connectivity index (χ1v) is 8.38. The van der Waals surface area contributed by atoms with Crippen molar-refractivity contribution >= 4 is 35.6 Å². The summed E-state index contributed by atoms with van der Waals surface area (Å²) in [5, 5.41) is 6.70. The molecule has 2 aromatic rings. The molecule has 0 aliphatic rings. The molecule has 2 aromatic carbocycles. The molecule has 142 valence electrons. The molecular weight excluding hydrogens is 439 g/mol. The number of guanidine groups is 1. The summed E-state index contributed by atoms with van der Waals surface area (Å²) in [4.78, 5) is 6.40. The largest absolute Gasteiger partial charge is 0.496 e. The van der Waals surface area contributed by atoms with Crippen LogP contribution in [0.1, 0.15) is 16.7 Å². The number of rotatable bonds is 6. The molecule has 0 heterocycles. The van der Waals surface area contributed by atoms with Gasteiger partial charge in [0.15, 0.2) is 5.96 Å². The predicted octanol–water partition coefficient (Wildman–Crippen LogP) is 3.55. The maximum Gasteiger partial charge on any atom is 0.191 e. The number of anilines is 1. The lowest BCUT2D eigenvalue weighted by Gasteiger charge is -2.17. The number of hydrogen-bond acceptors (Lipinski definition) is 3. The van der Waals surface area contributed by atoms with E-state index >= 15 is 0 Å². The van der Waals surface area contributed by atoms with Crippen molar-refractivity contribution in [2.75, 3.05) is 33.2 Å². The van der Waals surface area contributed by atoms with Crippen molar-refractivity contribution in [2.45, 2.75) is 20.0 Å². The minimum atomic E-state index is 0. The Hall–Kier alpha value is -1.96. The van der Waals surface area contributed by atoms with Gasteiger partial charge in [0.1, 0.15) is 5.75 Å². The van der Waals surface area contributed by atoms with E-state index in [4.69, 9.17) is 4.74 Å². The third-order valence-electron chi connectivity index (χ3n) is 4.15. The van der Waals surface area contributed by atoms with Gasteiger partial charge in [0, 0.05) is 45.5 Å². The first kappa shape index (κ1) is 22.1. The Kier molecular flexibility index (Phi) is 9.26. The van der Waals surface area contributed by atoms with Crippen LogP contribution in [0.15, 0.2) is 47.5 Å². The van der Waals surface area contributed by atoms with Crippen molar-refractivity contribution in [1.82, 2.24) is 10.6 Å². The standard InChI is InChI=1S/C20H28N4O.HI/c1-15-12-18(24(3)4)11-10-16(15)13-22-20(21-2)23-14-17-8-6-7-9-19(17)25-5;/h6-12H,13-14H2,1-5H3,(H2,21,22,23);1H. The molecule has 0 aliphatic heterocycles. The van der Waals surface area contributed by atoms with Crippen LogP contribution in [0.2, 0.25) is 0 Å². The Morgan fingerprint density at radius 2 is 1.69 bits per heavy atom. The molecule has 5 nitrogen and oxygen atoms in total. The normalized spacial score (nSPS) is 10.7.